The fraction of sp³-hybridized carbons (Fsp3) is 0.308. The van der Waals surface area contributed by atoms with Crippen LogP contribution in [0.2, 0.25) is 5.02 Å². The predicted octanol–water partition coefficient (Wildman–Crippen LogP) is 3.01. The molecule has 5 heteroatoms. The van der Waals surface area contributed by atoms with Gasteiger partial charge in [0, 0.05) is 11.4 Å². The smallest absolute Gasteiger partial charge is 0.236 e. The van der Waals surface area contributed by atoms with Crippen molar-refractivity contribution in [3.63, 3.8) is 0 Å². The molecular weight excluding hydrogens is 252 g/mol. The topological polar surface area (TPSA) is 56.0 Å². The highest BCUT2D eigenvalue weighted by atomic mass is 35.5. The summed E-state index contributed by atoms with van der Waals surface area (Å²) < 4.78 is 5.07. The van der Waals surface area contributed by atoms with Crippen molar-refractivity contribution in [2.75, 3.05) is 0 Å². The molecule has 1 aromatic heterocycles. The van der Waals surface area contributed by atoms with Gasteiger partial charge >= 0.3 is 0 Å². The second-order valence-corrected chi connectivity index (χ2v) is 4.56. The maximum Gasteiger partial charge on any atom is 0.236 e. The Morgan fingerprint density at radius 2 is 2.17 bits per heavy atom. The van der Waals surface area contributed by atoms with E-state index in [0.29, 0.717) is 23.2 Å². The van der Waals surface area contributed by atoms with Gasteiger partial charge in [-0.15, -0.1) is 0 Å². The summed E-state index contributed by atoms with van der Waals surface area (Å²) in [5.41, 5.74) is 0.932. The summed E-state index contributed by atoms with van der Waals surface area (Å²) >= 11 is 6.05. The Labute approximate surface area is 110 Å². The second kappa shape index (κ2) is 5.31. The third-order valence-electron chi connectivity index (χ3n) is 2.77. The van der Waals surface area contributed by atoms with Gasteiger partial charge in [0.1, 0.15) is 5.78 Å². The molecule has 1 heterocycles. The van der Waals surface area contributed by atoms with Crippen molar-refractivity contribution in [2.45, 2.75) is 26.2 Å². The molecule has 0 spiro atoms. The molecule has 2 aromatic rings. The average molecular weight is 265 g/mol. The van der Waals surface area contributed by atoms with Crippen LogP contribution in [0.1, 0.15) is 37.0 Å². The number of hydrogen-bond acceptors (Lipinski definition) is 4. The second-order valence-electron chi connectivity index (χ2n) is 4.15. The van der Waals surface area contributed by atoms with Gasteiger partial charge in [0.2, 0.25) is 5.89 Å². The Hall–Kier alpha value is -1.68. The summed E-state index contributed by atoms with van der Waals surface area (Å²) in [6, 6.07) is 7.49. The monoisotopic (exact) mass is 264 g/mol. The van der Waals surface area contributed by atoms with Crippen LogP contribution in [0.15, 0.2) is 28.8 Å². The molecule has 4 nitrogen and oxygen atoms in total. The van der Waals surface area contributed by atoms with Crippen LogP contribution < -0.4 is 0 Å². The summed E-state index contributed by atoms with van der Waals surface area (Å²) in [6.45, 7) is 3.25. The zero-order valence-electron chi connectivity index (χ0n) is 10.2. The van der Waals surface area contributed by atoms with E-state index in [1.165, 1.54) is 6.92 Å². The number of carbonyl (C=O) groups excluding carboxylic acids is 1. The average Bonchev–Trinajstić information content (AvgIpc) is 2.79. The molecule has 0 aliphatic carbocycles. The van der Waals surface area contributed by atoms with Crippen LogP contribution >= 0.6 is 11.6 Å². The van der Waals surface area contributed by atoms with E-state index in [1.807, 2.05) is 24.3 Å². The van der Waals surface area contributed by atoms with Crippen LogP contribution in [-0.2, 0) is 11.2 Å². The lowest BCUT2D eigenvalue weighted by atomic mass is 10.1. The fourth-order valence-electron chi connectivity index (χ4n) is 1.50. The molecule has 0 aliphatic rings. The Kier molecular flexibility index (Phi) is 3.77. The Morgan fingerprint density at radius 1 is 1.44 bits per heavy atom. The van der Waals surface area contributed by atoms with Crippen molar-refractivity contribution in [3.8, 4) is 0 Å². The Bertz CT molecular complexity index is 566. The van der Waals surface area contributed by atoms with Gasteiger partial charge in [0.05, 0.1) is 5.92 Å². The summed E-state index contributed by atoms with van der Waals surface area (Å²) in [6.07, 6.45) is 0.494. The number of aromatic nitrogens is 2. The van der Waals surface area contributed by atoms with E-state index >= 15 is 0 Å². The first-order chi connectivity index (χ1) is 8.58. The quantitative estimate of drug-likeness (QED) is 0.852. The molecule has 2 rings (SSSR count). The van der Waals surface area contributed by atoms with Crippen LogP contribution in [-0.4, -0.2) is 15.9 Å². The molecule has 1 atom stereocenters. The van der Waals surface area contributed by atoms with Crippen LogP contribution in [0.4, 0.5) is 0 Å². The number of ketones is 1. The molecule has 1 unspecified atom stereocenters. The SMILES string of the molecule is CC(=O)C(C)c1nc(Cc2ccccc2Cl)no1. The highest BCUT2D eigenvalue weighted by Gasteiger charge is 2.18. The van der Waals surface area contributed by atoms with Crippen molar-refractivity contribution in [1.82, 2.24) is 10.1 Å². The minimum absolute atomic E-state index is 0.00273. The first-order valence-electron chi connectivity index (χ1n) is 5.64. The number of nitrogens with zero attached hydrogens (tertiary/aromatic N) is 2. The maximum absolute atomic E-state index is 11.2. The summed E-state index contributed by atoms with van der Waals surface area (Å²) in [5.74, 6) is 0.524. The summed E-state index contributed by atoms with van der Waals surface area (Å²) in [7, 11) is 0. The van der Waals surface area contributed by atoms with E-state index < -0.39 is 0 Å². The van der Waals surface area contributed by atoms with Gasteiger partial charge < -0.3 is 4.52 Å². The maximum atomic E-state index is 11.2. The van der Waals surface area contributed by atoms with Crippen LogP contribution in [0.5, 0.6) is 0 Å². The van der Waals surface area contributed by atoms with Gasteiger partial charge in [-0.25, -0.2) is 0 Å². The van der Waals surface area contributed by atoms with Gasteiger partial charge in [0.25, 0.3) is 0 Å². The lowest BCUT2D eigenvalue weighted by Gasteiger charge is -1.99. The molecule has 0 saturated carbocycles. The van der Waals surface area contributed by atoms with Gasteiger partial charge in [-0.05, 0) is 25.5 Å². The number of benzene rings is 1. The van der Waals surface area contributed by atoms with Crippen molar-refractivity contribution in [2.24, 2.45) is 0 Å². The number of hydrogen-bond donors (Lipinski definition) is 0. The van der Waals surface area contributed by atoms with Gasteiger partial charge in [0.15, 0.2) is 5.82 Å². The van der Waals surface area contributed by atoms with Crippen molar-refractivity contribution >= 4 is 17.4 Å². The van der Waals surface area contributed by atoms with E-state index in [1.54, 1.807) is 6.92 Å². The molecule has 0 saturated heterocycles. The van der Waals surface area contributed by atoms with Gasteiger partial charge in [-0.3, -0.25) is 4.79 Å². The summed E-state index contributed by atoms with van der Waals surface area (Å²) in [4.78, 5) is 15.4. The lowest BCUT2D eigenvalue weighted by Crippen LogP contribution is -2.04. The number of halogens is 1. The van der Waals surface area contributed by atoms with E-state index in [-0.39, 0.29) is 11.7 Å². The van der Waals surface area contributed by atoms with E-state index in [4.69, 9.17) is 16.1 Å². The molecule has 1 aromatic carbocycles. The van der Waals surface area contributed by atoms with Gasteiger partial charge in [-0.2, -0.15) is 4.98 Å². The minimum atomic E-state index is -0.363. The lowest BCUT2D eigenvalue weighted by molar-refractivity contribution is -0.118. The minimum Gasteiger partial charge on any atom is -0.339 e. The van der Waals surface area contributed by atoms with Crippen molar-refractivity contribution < 1.29 is 9.32 Å². The zero-order valence-corrected chi connectivity index (χ0v) is 10.9. The predicted molar refractivity (Wildman–Crippen MR) is 67.7 cm³/mol. The molecule has 0 aliphatic heterocycles. The first-order valence-corrected chi connectivity index (χ1v) is 6.02. The zero-order chi connectivity index (χ0) is 13.1. The summed E-state index contributed by atoms with van der Waals surface area (Å²) in [5, 5.41) is 4.53. The Balaban J connectivity index is 2.17. The highest BCUT2D eigenvalue weighted by molar-refractivity contribution is 6.31. The molecule has 0 radical (unpaired) electrons. The van der Waals surface area contributed by atoms with Crippen LogP contribution in [0.25, 0.3) is 0 Å². The molecule has 18 heavy (non-hydrogen) atoms. The number of carbonyl (C=O) groups is 1. The number of rotatable bonds is 4. The van der Waals surface area contributed by atoms with Crippen molar-refractivity contribution in [1.29, 1.82) is 0 Å². The highest BCUT2D eigenvalue weighted by Crippen LogP contribution is 2.19. The molecule has 0 amide bonds. The third-order valence-corrected chi connectivity index (χ3v) is 3.14. The molecule has 0 bridgehead atoms. The molecule has 94 valence electrons. The van der Waals surface area contributed by atoms with Crippen LogP contribution in [0, 0.1) is 0 Å². The molecular formula is C13H13ClN2O2. The standard InChI is InChI=1S/C13H13ClN2O2/c1-8(9(2)17)13-15-12(16-18-13)7-10-5-3-4-6-11(10)14/h3-6,8H,7H2,1-2H3. The van der Waals surface area contributed by atoms with Gasteiger partial charge in [-0.1, -0.05) is 35.0 Å². The molecule has 0 fully saturated rings. The van der Waals surface area contributed by atoms with E-state index in [2.05, 4.69) is 10.1 Å². The third kappa shape index (κ3) is 2.76. The largest absolute Gasteiger partial charge is 0.339 e. The van der Waals surface area contributed by atoms with Crippen LogP contribution in [0.3, 0.4) is 0 Å². The normalized spacial score (nSPS) is 12.4. The number of Topliss-reactive ketones (excluding diaryl/α,β-unsaturated/α-hetero) is 1. The van der Waals surface area contributed by atoms with E-state index in [0.717, 1.165) is 5.56 Å². The van der Waals surface area contributed by atoms with E-state index in [9.17, 15) is 4.79 Å². The Morgan fingerprint density at radius 3 is 2.83 bits per heavy atom. The fourth-order valence-corrected chi connectivity index (χ4v) is 1.70. The molecule has 0 N–H and O–H groups in total. The first kappa shape index (κ1) is 12.8. The van der Waals surface area contributed by atoms with Crippen molar-refractivity contribution in [3.05, 3.63) is 46.6 Å².